The topological polar surface area (TPSA) is 141 Å². The quantitative estimate of drug-likeness (QED) is 0.183. The second kappa shape index (κ2) is 14.0. The van der Waals surface area contributed by atoms with Crippen molar-refractivity contribution in [1.82, 2.24) is 34.9 Å². The van der Waals surface area contributed by atoms with Crippen LogP contribution in [0.5, 0.6) is 0 Å². The first-order valence-corrected chi connectivity index (χ1v) is 19.4. The van der Waals surface area contributed by atoms with Crippen LogP contribution in [0.1, 0.15) is 59.1 Å². The lowest BCUT2D eigenvalue weighted by molar-refractivity contribution is -0.146. The van der Waals surface area contributed by atoms with Crippen LogP contribution < -0.4 is 20.9 Å². The zero-order chi connectivity index (χ0) is 38.7. The number of para-hydroxylation sites is 1. The molecule has 0 saturated carbocycles. The summed E-state index contributed by atoms with van der Waals surface area (Å²) >= 11 is 0. The number of hydrogen-bond acceptors (Lipinski definition) is 10. The lowest BCUT2D eigenvalue weighted by Crippen LogP contribution is -2.53. The molecule has 288 valence electrons. The van der Waals surface area contributed by atoms with Crippen molar-refractivity contribution in [2.45, 2.75) is 77.3 Å². The van der Waals surface area contributed by atoms with Crippen molar-refractivity contribution in [2.75, 3.05) is 35.2 Å². The molecule has 14 heteroatoms. The summed E-state index contributed by atoms with van der Waals surface area (Å²) in [5.74, 6) is 0.226. The number of nitrogens with zero attached hydrogens (tertiary/aromatic N) is 7. The van der Waals surface area contributed by atoms with Crippen molar-refractivity contribution in [3.05, 3.63) is 94.2 Å². The Morgan fingerprint density at radius 1 is 0.893 bits per heavy atom. The summed E-state index contributed by atoms with van der Waals surface area (Å²) in [6, 6.07) is 18.1. The smallest absolute Gasteiger partial charge is 0.260 e. The highest BCUT2D eigenvalue weighted by Crippen LogP contribution is 2.36. The number of aryl methyl sites for hydroxylation is 3. The van der Waals surface area contributed by atoms with Crippen molar-refractivity contribution in [3.8, 4) is 0 Å². The number of alkyl halides is 1. The molecule has 56 heavy (non-hydrogen) atoms. The van der Waals surface area contributed by atoms with E-state index in [-0.39, 0.29) is 30.7 Å². The van der Waals surface area contributed by atoms with Gasteiger partial charge in [0.1, 0.15) is 0 Å². The number of rotatable bonds is 7. The number of piperidine rings is 2. The third-order valence-electron chi connectivity index (χ3n) is 12.0. The van der Waals surface area contributed by atoms with Crippen LogP contribution in [-0.4, -0.2) is 78.6 Å². The Morgan fingerprint density at radius 3 is 2.43 bits per heavy atom. The average Bonchev–Trinajstić information content (AvgIpc) is 3.75. The molecule has 3 N–H and O–H groups in total. The van der Waals surface area contributed by atoms with Crippen LogP contribution >= 0.6 is 0 Å². The molecular formula is C42H45FN10O3. The molecule has 0 aliphatic carbocycles. The molecular weight excluding hydrogens is 712 g/mol. The zero-order valence-electron chi connectivity index (χ0n) is 31.9. The van der Waals surface area contributed by atoms with Crippen LogP contribution in [0.25, 0.3) is 11.0 Å². The summed E-state index contributed by atoms with van der Waals surface area (Å²) in [4.78, 5) is 53.2. The number of hydrogen-bond donors (Lipinski definition) is 3. The predicted molar refractivity (Wildman–Crippen MR) is 211 cm³/mol. The molecule has 4 aliphatic heterocycles. The number of anilines is 5. The normalized spacial score (nSPS) is 19.5. The van der Waals surface area contributed by atoms with Crippen molar-refractivity contribution >= 4 is 57.6 Å². The van der Waals surface area contributed by atoms with Crippen LogP contribution in [0, 0.1) is 13.8 Å². The molecule has 2 saturated heterocycles. The maximum atomic E-state index is 16.5. The van der Waals surface area contributed by atoms with E-state index in [4.69, 9.17) is 4.98 Å². The van der Waals surface area contributed by atoms with Gasteiger partial charge in [-0.1, -0.05) is 30.3 Å². The average molecular weight is 757 g/mol. The molecule has 13 nitrogen and oxygen atoms in total. The summed E-state index contributed by atoms with van der Waals surface area (Å²) in [5, 5.41) is 14.7. The van der Waals surface area contributed by atoms with Crippen LogP contribution in [-0.2, 0) is 47.5 Å². The van der Waals surface area contributed by atoms with E-state index < -0.39 is 11.6 Å². The number of aromatic nitrogens is 4. The lowest BCUT2D eigenvalue weighted by Gasteiger charge is -2.40. The first-order valence-electron chi connectivity index (χ1n) is 19.4. The predicted octanol–water partition coefficient (Wildman–Crippen LogP) is 5.48. The molecule has 9 rings (SSSR count). The molecule has 0 spiro atoms. The number of benzene rings is 3. The van der Waals surface area contributed by atoms with Gasteiger partial charge < -0.3 is 20.4 Å². The summed E-state index contributed by atoms with van der Waals surface area (Å²) < 4.78 is 18.3. The van der Waals surface area contributed by atoms with Gasteiger partial charge in [-0.2, -0.15) is 10.1 Å². The summed E-state index contributed by atoms with van der Waals surface area (Å²) in [6.45, 7) is 7.08. The monoisotopic (exact) mass is 756 g/mol. The lowest BCUT2D eigenvalue weighted by atomic mass is 9.89. The molecule has 0 bridgehead atoms. The molecule has 0 radical (unpaired) electrons. The van der Waals surface area contributed by atoms with Crippen molar-refractivity contribution in [2.24, 2.45) is 7.05 Å². The highest BCUT2D eigenvalue weighted by molar-refractivity contribution is 6.00. The van der Waals surface area contributed by atoms with E-state index in [1.54, 1.807) is 15.8 Å². The van der Waals surface area contributed by atoms with E-state index in [0.29, 0.717) is 75.9 Å². The number of fused-ring (bicyclic) bond motifs is 3. The van der Waals surface area contributed by atoms with E-state index in [9.17, 15) is 14.4 Å². The Labute approximate surface area is 324 Å². The number of carbonyl (C=O) groups is 3. The van der Waals surface area contributed by atoms with E-state index in [2.05, 4.69) is 86.1 Å². The fourth-order valence-corrected chi connectivity index (χ4v) is 8.73. The van der Waals surface area contributed by atoms with Gasteiger partial charge in [0.25, 0.3) is 5.91 Å². The van der Waals surface area contributed by atoms with Crippen molar-refractivity contribution < 1.29 is 18.8 Å². The van der Waals surface area contributed by atoms with Crippen LogP contribution in [0.15, 0.2) is 60.8 Å². The van der Waals surface area contributed by atoms with E-state index in [1.807, 2.05) is 25.2 Å². The number of carbonyl (C=O) groups excluding carboxylic acids is 3. The van der Waals surface area contributed by atoms with Crippen molar-refractivity contribution in [1.29, 1.82) is 0 Å². The first-order chi connectivity index (χ1) is 27.0. The number of imide groups is 1. The standard InChI is InChI=1S/C42H45FN10O3/c1-25-5-4-6-26(2)36(25)47-37-33-21-44-41(48-38(33)50(3)49-37)45-31-9-7-27-13-16-52(23-29(27)19-31)40(56)42(43)14-17-51(18-15-42)32-10-8-28-22-53(24-30(28)20-32)34-11-12-35(54)46-39(34)55/h4-10,19-21,34H,11-18,22-24H2,1-3H3,(H,47,49)(H,44,45,48)(H,46,54,55). The maximum Gasteiger partial charge on any atom is 0.260 e. The third kappa shape index (κ3) is 6.61. The van der Waals surface area contributed by atoms with Gasteiger partial charge in [0, 0.05) is 88.8 Å². The van der Waals surface area contributed by atoms with E-state index in [1.165, 1.54) is 0 Å². The molecule has 2 fully saturated rings. The Balaban J connectivity index is 0.830. The van der Waals surface area contributed by atoms with Gasteiger partial charge in [0.05, 0.1) is 11.4 Å². The minimum Gasteiger partial charge on any atom is -0.371 e. The minimum atomic E-state index is -1.93. The van der Waals surface area contributed by atoms with Crippen LogP contribution in [0.4, 0.5) is 33.2 Å². The molecule has 3 aromatic carbocycles. The Hall–Kier alpha value is -5.89. The van der Waals surface area contributed by atoms with E-state index >= 15 is 4.39 Å². The fourth-order valence-electron chi connectivity index (χ4n) is 8.73. The second-order valence-electron chi connectivity index (χ2n) is 15.7. The molecule has 4 aliphatic rings. The highest BCUT2D eigenvalue weighted by atomic mass is 19.1. The Morgan fingerprint density at radius 2 is 1.64 bits per heavy atom. The highest BCUT2D eigenvalue weighted by Gasteiger charge is 2.45. The third-order valence-corrected chi connectivity index (χ3v) is 12.0. The minimum absolute atomic E-state index is 0.117. The number of amides is 3. The summed E-state index contributed by atoms with van der Waals surface area (Å²) in [5.41, 5.74) is 8.20. The van der Waals surface area contributed by atoms with Crippen LogP contribution in [0.2, 0.25) is 0 Å². The molecule has 5 aromatic rings. The SMILES string of the molecule is Cc1cccc(C)c1Nc1nn(C)c2nc(Nc3ccc4c(c3)CN(C(=O)C3(F)CCN(c5ccc6c(c5)CN(C5CCC(=O)NC5=O)C6)CC3)CC4)ncc12. The van der Waals surface area contributed by atoms with Crippen LogP contribution in [0.3, 0.4) is 0 Å². The molecule has 2 aromatic heterocycles. The molecule has 3 amide bonds. The van der Waals surface area contributed by atoms with Gasteiger partial charge in [-0.3, -0.25) is 24.6 Å². The van der Waals surface area contributed by atoms with Gasteiger partial charge >= 0.3 is 0 Å². The van der Waals surface area contributed by atoms with E-state index in [0.717, 1.165) is 55.8 Å². The first kappa shape index (κ1) is 35.8. The van der Waals surface area contributed by atoms with Gasteiger partial charge in [0.15, 0.2) is 17.1 Å². The maximum absolute atomic E-state index is 16.5. The Bertz CT molecular complexity index is 2380. The number of nitrogens with one attached hydrogen (secondary N) is 3. The van der Waals surface area contributed by atoms with Gasteiger partial charge in [-0.15, -0.1) is 0 Å². The zero-order valence-corrected chi connectivity index (χ0v) is 31.9. The van der Waals surface area contributed by atoms with Gasteiger partial charge in [-0.05, 0) is 84.3 Å². The number of halogens is 1. The summed E-state index contributed by atoms with van der Waals surface area (Å²) in [6.07, 6.45) is 3.53. The summed E-state index contributed by atoms with van der Waals surface area (Å²) in [7, 11) is 1.86. The Kier molecular flexibility index (Phi) is 8.95. The fraction of sp³-hybridized carbons (Fsp3) is 0.381. The van der Waals surface area contributed by atoms with Crippen molar-refractivity contribution in [3.63, 3.8) is 0 Å². The van der Waals surface area contributed by atoms with Gasteiger partial charge in [0.2, 0.25) is 17.8 Å². The molecule has 1 unspecified atom stereocenters. The molecule has 1 atom stereocenters. The largest absolute Gasteiger partial charge is 0.371 e. The van der Waals surface area contributed by atoms with Gasteiger partial charge in [-0.25, -0.2) is 14.1 Å². The molecule has 6 heterocycles. The second-order valence-corrected chi connectivity index (χ2v) is 15.7.